The molecule has 7 heteroatoms. The van der Waals surface area contributed by atoms with Crippen LogP contribution in [0.15, 0.2) is 24.3 Å². The highest BCUT2D eigenvalue weighted by atomic mass is 16.4. The molecule has 1 fully saturated rings. The van der Waals surface area contributed by atoms with Crippen molar-refractivity contribution in [1.82, 2.24) is 10.2 Å². The summed E-state index contributed by atoms with van der Waals surface area (Å²) in [4.78, 5) is 36.6. The van der Waals surface area contributed by atoms with Crippen LogP contribution in [-0.2, 0) is 9.59 Å². The van der Waals surface area contributed by atoms with E-state index in [2.05, 4.69) is 10.6 Å². The van der Waals surface area contributed by atoms with Crippen LogP contribution in [-0.4, -0.2) is 41.0 Å². The van der Waals surface area contributed by atoms with Crippen LogP contribution in [0.3, 0.4) is 0 Å². The van der Waals surface area contributed by atoms with E-state index < -0.39 is 17.8 Å². The lowest BCUT2D eigenvalue weighted by molar-refractivity contribution is -0.140. The van der Waals surface area contributed by atoms with Crippen LogP contribution in [0.25, 0.3) is 0 Å². The van der Waals surface area contributed by atoms with Gasteiger partial charge in [0.25, 0.3) is 0 Å². The highest BCUT2D eigenvalue weighted by Gasteiger charge is 2.48. The molecule has 0 bridgehead atoms. The van der Waals surface area contributed by atoms with Crippen molar-refractivity contribution in [2.45, 2.75) is 33.2 Å². The van der Waals surface area contributed by atoms with Gasteiger partial charge in [-0.15, -0.1) is 0 Å². The van der Waals surface area contributed by atoms with Crippen molar-refractivity contribution in [2.75, 3.05) is 18.4 Å². The van der Waals surface area contributed by atoms with Crippen molar-refractivity contribution < 1.29 is 19.5 Å². The van der Waals surface area contributed by atoms with Gasteiger partial charge >= 0.3 is 12.0 Å². The molecule has 3 amide bonds. The van der Waals surface area contributed by atoms with Gasteiger partial charge in [-0.2, -0.15) is 0 Å². The summed E-state index contributed by atoms with van der Waals surface area (Å²) in [7, 11) is 0. The van der Waals surface area contributed by atoms with E-state index in [1.165, 1.54) is 0 Å². The number of aliphatic carboxylic acids is 1. The molecule has 3 N–H and O–H groups in total. The normalized spacial score (nSPS) is 19.6. The lowest BCUT2D eigenvalue weighted by Crippen LogP contribution is -2.34. The van der Waals surface area contributed by atoms with Crippen molar-refractivity contribution in [3.05, 3.63) is 29.8 Å². The molecule has 1 aromatic carbocycles. The highest BCUT2D eigenvalue weighted by Crippen LogP contribution is 2.39. The van der Waals surface area contributed by atoms with E-state index in [4.69, 9.17) is 5.11 Å². The van der Waals surface area contributed by atoms with E-state index in [-0.39, 0.29) is 18.0 Å². The average Bonchev–Trinajstić information content (AvgIpc) is 3.37. The van der Waals surface area contributed by atoms with Crippen molar-refractivity contribution in [2.24, 2.45) is 11.8 Å². The molecule has 1 aliphatic rings. The standard InChI is InChI=1S/C18H25N3O4/c1-4-21(5-2)18(25)20-13-8-6-12(7-9-13)11(3)19-16(22)14-10-15(14)17(23)24/h6-9,11,14-15H,4-5,10H2,1-3H3,(H,19,22)(H,20,25)(H,23,24). The number of anilines is 1. The number of nitrogens with zero attached hydrogens (tertiary/aromatic N) is 1. The summed E-state index contributed by atoms with van der Waals surface area (Å²) >= 11 is 0. The fourth-order valence-electron chi connectivity index (χ4n) is 2.73. The molecule has 0 spiro atoms. The summed E-state index contributed by atoms with van der Waals surface area (Å²) in [5.74, 6) is -2.11. The van der Waals surface area contributed by atoms with Gasteiger partial charge < -0.3 is 20.6 Å². The van der Waals surface area contributed by atoms with E-state index in [1.54, 1.807) is 17.0 Å². The minimum Gasteiger partial charge on any atom is -0.481 e. The van der Waals surface area contributed by atoms with E-state index >= 15 is 0 Å². The molecule has 0 saturated heterocycles. The number of urea groups is 1. The fourth-order valence-corrected chi connectivity index (χ4v) is 2.73. The summed E-state index contributed by atoms with van der Waals surface area (Å²) in [5, 5.41) is 14.6. The molecule has 0 radical (unpaired) electrons. The molecule has 1 saturated carbocycles. The number of benzene rings is 1. The number of nitrogens with one attached hydrogen (secondary N) is 2. The first-order valence-corrected chi connectivity index (χ1v) is 8.56. The highest BCUT2D eigenvalue weighted by molar-refractivity contribution is 5.90. The molecule has 3 unspecified atom stereocenters. The van der Waals surface area contributed by atoms with Crippen LogP contribution >= 0.6 is 0 Å². The molecular formula is C18H25N3O4. The Kier molecular flexibility index (Phi) is 6.01. The number of hydrogen-bond acceptors (Lipinski definition) is 3. The predicted molar refractivity (Wildman–Crippen MR) is 94.2 cm³/mol. The van der Waals surface area contributed by atoms with E-state index in [1.807, 2.05) is 32.9 Å². The van der Waals surface area contributed by atoms with Crippen molar-refractivity contribution in [3.63, 3.8) is 0 Å². The van der Waals surface area contributed by atoms with Crippen molar-refractivity contribution >= 4 is 23.6 Å². The molecule has 3 atom stereocenters. The van der Waals surface area contributed by atoms with Gasteiger partial charge in [0.1, 0.15) is 0 Å². The average molecular weight is 347 g/mol. The maximum atomic E-state index is 12.0. The smallest absolute Gasteiger partial charge is 0.321 e. The Morgan fingerprint density at radius 1 is 1.16 bits per heavy atom. The van der Waals surface area contributed by atoms with Crippen LogP contribution in [0.4, 0.5) is 10.5 Å². The predicted octanol–water partition coefficient (Wildman–Crippen LogP) is 2.46. The first kappa shape index (κ1) is 18.8. The Balaban J connectivity index is 1.90. The monoisotopic (exact) mass is 347 g/mol. The number of rotatable bonds is 7. The van der Waals surface area contributed by atoms with E-state index in [0.717, 1.165) is 5.56 Å². The van der Waals surface area contributed by atoms with E-state index in [9.17, 15) is 14.4 Å². The molecule has 1 aromatic rings. The Labute approximate surface area is 147 Å². The Morgan fingerprint density at radius 3 is 2.24 bits per heavy atom. The SMILES string of the molecule is CCN(CC)C(=O)Nc1ccc(C(C)NC(=O)C2CC2C(=O)O)cc1. The molecule has 1 aliphatic carbocycles. The summed E-state index contributed by atoms with van der Waals surface area (Å²) in [6.07, 6.45) is 0.407. The van der Waals surface area contributed by atoms with Crippen molar-refractivity contribution in [3.8, 4) is 0 Å². The number of carbonyl (C=O) groups is 3. The molecule has 0 heterocycles. The molecule has 2 rings (SSSR count). The number of carboxylic acids is 1. The van der Waals surface area contributed by atoms with Crippen LogP contribution in [0.1, 0.15) is 38.8 Å². The Bertz CT molecular complexity index is 640. The third-order valence-corrected chi connectivity index (χ3v) is 4.52. The van der Waals surface area contributed by atoms with Gasteiger partial charge in [-0.1, -0.05) is 12.1 Å². The van der Waals surface area contributed by atoms with Gasteiger partial charge in [0.2, 0.25) is 5.91 Å². The van der Waals surface area contributed by atoms with Crippen LogP contribution in [0.2, 0.25) is 0 Å². The number of amides is 3. The summed E-state index contributed by atoms with van der Waals surface area (Å²) in [6.45, 7) is 6.97. The molecule has 0 aromatic heterocycles. The Hall–Kier alpha value is -2.57. The number of carbonyl (C=O) groups excluding carboxylic acids is 2. The second-order valence-electron chi connectivity index (χ2n) is 6.24. The molecule has 0 aliphatic heterocycles. The molecule has 136 valence electrons. The van der Waals surface area contributed by atoms with Crippen LogP contribution in [0, 0.1) is 11.8 Å². The zero-order valence-corrected chi connectivity index (χ0v) is 14.8. The van der Waals surface area contributed by atoms with Gasteiger partial charge in [0, 0.05) is 18.8 Å². The maximum absolute atomic E-state index is 12.0. The van der Waals surface area contributed by atoms with Gasteiger partial charge in [-0.3, -0.25) is 9.59 Å². The zero-order valence-electron chi connectivity index (χ0n) is 14.8. The lowest BCUT2D eigenvalue weighted by atomic mass is 10.1. The fraction of sp³-hybridized carbons (Fsp3) is 0.500. The maximum Gasteiger partial charge on any atom is 0.321 e. The minimum absolute atomic E-state index is 0.146. The van der Waals surface area contributed by atoms with Gasteiger partial charge in [0.05, 0.1) is 17.9 Å². The summed E-state index contributed by atoms with van der Waals surface area (Å²) in [6, 6.07) is 6.88. The van der Waals surface area contributed by atoms with Crippen molar-refractivity contribution in [1.29, 1.82) is 0 Å². The zero-order chi connectivity index (χ0) is 18.6. The second kappa shape index (κ2) is 8.00. The Morgan fingerprint density at radius 2 is 1.76 bits per heavy atom. The lowest BCUT2D eigenvalue weighted by Gasteiger charge is -2.19. The third kappa shape index (κ3) is 4.71. The van der Waals surface area contributed by atoms with Gasteiger partial charge in [0.15, 0.2) is 0 Å². The van der Waals surface area contributed by atoms with Crippen LogP contribution in [0.5, 0.6) is 0 Å². The summed E-state index contributed by atoms with van der Waals surface area (Å²) in [5.41, 5.74) is 1.58. The minimum atomic E-state index is -0.916. The van der Waals surface area contributed by atoms with E-state index in [0.29, 0.717) is 25.2 Å². The largest absolute Gasteiger partial charge is 0.481 e. The molecule has 7 nitrogen and oxygen atoms in total. The first-order valence-electron chi connectivity index (χ1n) is 8.56. The van der Waals surface area contributed by atoms with Gasteiger partial charge in [-0.25, -0.2) is 4.79 Å². The summed E-state index contributed by atoms with van der Waals surface area (Å²) < 4.78 is 0. The molecule has 25 heavy (non-hydrogen) atoms. The quantitative estimate of drug-likeness (QED) is 0.705. The van der Waals surface area contributed by atoms with Crippen LogP contribution < -0.4 is 10.6 Å². The second-order valence-corrected chi connectivity index (χ2v) is 6.24. The van der Waals surface area contributed by atoms with Gasteiger partial charge in [-0.05, 0) is 44.9 Å². The third-order valence-electron chi connectivity index (χ3n) is 4.52. The number of hydrogen-bond donors (Lipinski definition) is 3. The number of carboxylic acid groups (broad SMARTS) is 1. The first-order chi connectivity index (χ1) is 11.9. The molecular weight excluding hydrogens is 322 g/mol. The topological polar surface area (TPSA) is 98.7 Å².